The summed E-state index contributed by atoms with van der Waals surface area (Å²) < 4.78 is 18.5. The zero-order valence-electron chi connectivity index (χ0n) is 12.7. The van der Waals surface area contributed by atoms with Gasteiger partial charge >= 0.3 is 0 Å². The fourth-order valence-electron chi connectivity index (χ4n) is 2.08. The highest BCUT2D eigenvalue weighted by molar-refractivity contribution is 6.32. The molecule has 0 heterocycles. The molecule has 2 N–H and O–H groups in total. The Bertz CT molecular complexity index is 679. The molecule has 0 unspecified atom stereocenters. The number of methoxy groups -OCH3 is 1. The van der Waals surface area contributed by atoms with Gasteiger partial charge in [-0.2, -0.15) is 0 Å². The van der Waals surface area contributed by atoms with Crippen LogP contribution in [0, 0.1) is 5.82 Å². The van der Waals surface area contributed by atoms with E-state index in [1.54, 1.807) is 36.4 Å². The van der Waals surface area contributed by atoms with Gasteiger partial charge in [-0.25, -0.2) is 4.39 Å². The second-order valence-electron chi connectivity index (χ2n) is 4.92. The van der Waals surface area contributed by atoms with E-state index in [2.05, 4.69) is 10.6 Å². The Morgan fingerprint density at radius 1 is 1.26 bits per heavy atom. The number of carbonyl (C=O) groups is 1. The van der Waals surface area contributed by atoms with E-state index >= 15 is 0 Å². The van der Waals surface area contributed by atoms with Crippen molar-refractivity contribution in [2.24, 2.45) is 0 Å². The van der Waals surface area contributed by atoms with Gasteiger partial charge in [-0.05, 0) is 42.8 Å². The zero-order chi connectivity index (χ0) is 16.7. The third-order valence-corrected chi connectivity index (χ3v) is 3.55. The fourth-order valence-corrected chi connectivity index (χ4v) is 2.33. The van der Waals surface area contributed by atoms with Crippen LogP contribution in [0.3, 0.4) is 0 Å². The molecule has 0 saturated carbocycles. The van der Waals surface area contributed by atoms with Crippen molar-refractivity contribution in [3.05, 3.63) is 58.9 Å². The Morgan fingerprint density at radius 2 is 2.04 bits per heavy atom. The van der Waals surface area contributed by atoms with Crippen molar-refractivity contribution in [2.45, 2.75) is 6.42 Å². The first kappa shape index (κ1) is 17.2. The summed E-state index contributed by atoms with van der Waals surface area (Å²) in [6.07, 6.45) is 0.522. The van der Waals surface area contributed by atoms with Crippen LogP contribution < -0.4 is 15.4 Å². The highest BCUT2D eigenvalue weighted by Crippen LogP contribution is 2.27. The van der Waals surface area contributed by atoms with Crippen molar-refractivity contribution in [2.75, 3.05) is 25.5 Å². The summed E-state index contributed by atoms with van der Waals surface area (Å²) in [6, 6.07) is 11.6. The first-order valence-electron chi connectivity index (χ1n) is 7.17. The summed E-state index contributed by atoms with van der Waals surface area (Å²) in [5.74, 6) is 0.124. The first-order valence-corrected chi connectivity index (χ1v) is 7.55. The van der Waals surface area contributed by atoms with E-state index in [9.17, 15) is 9.18 Å². The second kappa shape index (κ2) is 8.50. The maximum atomic E-state index is 13.4. The topological polar surface area (TPSA) is 50.4 Å². The van der Waals surface area contributed by atoms with Crippen LogP contribution in [-0.2, 0) is 11.2 Å². The molecule has 2 rings (SSSR count). The van der Waals surface area contributed by atoms with Crippen LogP contribution in [0.15, 0.2) is 42.5 Å². The summed E-state index contributed by atoms with van der Waals surface area (Å²) in [7, 11) is 1.53. The van der Waals surface area contributed by atoms with Gasteiger partial charge in [0.2, 0.25) is 5.91 Å². The average Bonchev–Trinajstić information content (AvgIpc) is 2.53. The Hall–Kier alpha value is -2.11. The Balaban J connectivity index is 1.75. The van der Waals surface area contributed by atoms with Crippen molar-refractivity contribution < 1.29 is 13.9 Å². The monoisotopic (exact) mass is 336 g/mol. The van der Waals surface area contributed by atoms with E-state index in [1.807, 2.05) is 0 Å². The smallest absolute Gasteiger partial charge is 0.238 e. The molecule has 0 fully saturated rings. The predicted molar refractivity (Wildman–Crippen MR) is 89.6 cm³/mol. The molecule has 6 heteroatoms. The van der Waals surface area contributed by atoms with Crippen LogP contribution >= 0.6 is 11.6 Å². The van der Waals surface area contributed by atoms with Crippen LogP contribution in [0.2, 0.25) is 5.02 Å². The molecule has 0 aromatic heterocycles. The van der Waals surface area contributed by atoms with Crippen molar-refractivity contribution >= 4 is 23.2 Å². The summed E-state index contributed by atoms with van der Waals surface area (Å²) >= 11 is 5.99. The van der Waals surface area contributed by atoms with Gasteiger partial charge in [-0.1, -0.05) is 29.8 Å². The molecule has 0 radical (unpaired) electrons. The number of ether oxygens (including phenoxy) is 1. The van der Waals surface area contributed by atoms with Crippen molar-refractivity contribution in [1.82, 2.24) is 5.32 Å². The Labute approximate surface area is 139 Å². The lowest BCUT2D eigenvalue weighted by Gasteiger charge is -2.09. The Morgan fingerprint density at radius 3 is 2.74 bits per heavy atom. The molecule has 0 spiro atoms. The minimum Gasteiger partial charge on any atom is -0.495 e. The molecular formula is C17H18ClFN2O2. The molecule has 0 saturated heterocycles. The standard InChI is InChI=1S/C17H18ClFN2O2/c1-23-16-7-6-13(10-14(16)18)21-17(22)11-20-9-8-12-4-2-3-5-15(12)19/h2-7,10,20H,8-9,11H2,1H3,(H,21,22). The van der Waals surface area contributed by atoms with E-state index in [0.29, 0.717) is 35.0 Å². The van der Waals surface area contributed by atoms with E-state index in [1.165, 1.54) is 13.2 Å². The maximum absolute atomic E-state index is 13.4. The molecule has 122 valence electrons. The maximum Gasteiger partial charge on any atom is 0.238 e. The van der Waals surface area contributed by atoms with Crippen LogP contribution in [0.4, 0.5) is 10.1 Å². The largest absolute Gasteiger partial charge is 0.495 e. The molecular weight excluding hydrogens is 319 g/mol. The molecule has 0 aliphatic heterocycles. The second-order valence-corrected chi connectivity index (χ2v) is 5.32. The van der Waals surface area contributed by atoms with Gasteiger partial charge in [0.1, 0.15) is 11.6 Å². The number of anilines is 1. The number of carbonyl (C=O) groups excluding carboxylic acids is 1. The quantitative estimate of drug-likeness (QED) is 0.763. The molecule has 0 atom stereocenters. The van der Waals surface area contributed by atoms with Gasteiger partial charge in [-0.15, -0.1) is 0 Å². The normalized spacial score (nSPS) is 10.4. The molecule has 2 aromatic carbocycles. The lowest BCUT2D eigenvalue weighted by atomic mass is 10.1. The lowest BCUT2D eigenvalue weighted by Crippen LogP contribution is -2.29. The third kappa shape index (κ3) is 5.23. The SMILES string of the molecule is COc1ccc(NC(=O)CNCCc2ccccc2F)cc1Cl. The number of nitrogens with one attached hydrogen (secondary N) is 2. The lowest BCUT2D eigenvalue weighted by molar-refractivity contribution is -0.115. The minimum atomic E-state index is -0.230. The van der Waals surface area contributed by atoms with E-state index in [0.717, 1.165) is 0 Å². The van der Waals surface area contributed by atoms with Gasteiger partial charge in [0.15, 0.2) is 0 Å². The summed E-state index contributed by atoms with van der Waals surface area (Å²) in [5, 5.41) is 6.14. The molecule has 1 amide bonds. The summed E-state index contributed by atoms with van der Waals surface area (Å²) in [4.78, 5) is 11.8. The summed E-state index contributed by atoms with van der Waals surface area (Å²) in [6.45, 7) is 0.649. The number of rotatable bonds is 7. The van der Waals surface area contributed by atoms with E-state index in [4.69, 9.17) is 16.3 Å². The highest BCUT2D eigenvalue weighted by atomic mass is 35.5. The van der Waals surface area contributed by atoms with Crippen LogP contribution in [0.25, 0.3) is 0 Å². The number of hydrogen-bond donors (Lipinski definition) is 2. The fraction of sp³-hybridized carbons (Fsp3) is 0.235. The number of halogens is 2. The predicted octanol–water partition coefficient (Wildman–Crippen LogP) is 3.26. The van der Waals surface area contributed by atoms with Gasteiger partial charge in [0.05, 0.1) is 18.7 Å². The van der Waals surface area contributed by atoms with Crippen LogP contribution in [-0.4, -0.2) is 26.1 Å². The third-order valence-electron chi connectivity index (χ3n) is 3.25. The minimum absolute atomic E-state index is 0.137. The van der Waals surface area contributed by atoms with Crippen LogP contribution in [0.5, 0.6) is 5.75 Å². The van der Waals surface area contributed by atoms with Gasteiger partial charge in [0.25, 0.3) is 0 Å². The summed E-state index contributed by atoms with van der Waals surface area (Å²) in [5.41, 5.74) is 1.22. The average molecular weight is 337 g/mol. The van der Waals surface area contributed by atoms with Gasteiger partial charge in [-0.3, -0.25) is 4.79 Å². The van der Waals surface area contributed by atoms with E-state index < -0.39 is 0 Å². The molecule has 0 aliphatic carbocycles. The van der Waals surface area contributed by atoms with Crippen molar-refractivity contribution in [1.29, 1.82) is 0 Å². The number of amides is 1. The highest BCUT2D eigenvalue weighted by Gasteiger charge is 2.06. The van der Waals surface area contributed by atoms with Crippen molar-refractivity contribution in [3.8, 4) is 5.75 Å². The molecule has 4 nitrogen and oxygen atoms in total. The Kier molecular flexibility index (Phi) is 6.38. The number of benzene rings is 2. The molecule has 0 bridgehead atoms. The first-order chi connectivity index (χ1) is 11.1. The number of hydrogen-bond acceptors (Lipinski definition) is 3. The molecule has 0 aliphatic rings. The van der Waals surface area contributed by atoms with Crippen molar-refractivity contribution in [3.63, 3.8) is 0 Å². The van der Waals surface area contributed by atoms with Gasteiger partial charge < -0.3 is 15.4 Å². The van der Waals surface area contributed by atoms with Gasteiger partial charge in [0, 0.05) is 5.69 Å². The van der Waals surface area contributed by atoms with Crippen LogP contribution in [0.1, 0.15) is 5.56 Å². The van der Waals surface area contributed by atoms with E-state index in [-0.39, 0.29) is 18.3 Å². The molecule has 2 aromatic rings. The molecule has 23 heavy (non-hydrogen) atoms. The zero-order valence-corrected chi connectivity index (χ0v) is 13.5.